The summed E-state index contributed by atoms with van der Waals surface area (Å²) >= 11 is 2.93. The first-order valence-corrected chi connectivity index (χ1v) is 7.45. The summed E-state index contributed by atoms with van der Waals surface area (Å²) in [5.74, 6) is -0.400. The first kappa shape index (κ1) is 13.9. The molecule has 16 heavy (non-hydrogen) atoms. The first-order chi connectivity index (χ1) is 7.49. The van der Waals surface area contributed by atoms with Gasteiger partial charge in [0.25, 0.3) is 0 Å². The van der Waals surface area contributed by atoms with E-state index in [0.29, 0.717) is 13.2 Å². The highest BCUT2D eigenvalue weighted by Crippen LogP contribution is 2.14. The minimum Gasteiger partial charge on any atom is -0.469 e. The predicted octanol–water partition coefficient (Wildman–Crippen LogP) is -0.0675. The Balaban J connectivity index is 2.57. The van der Waals surface area contributed by atoms with Crippen molar-refractivity contribution < 1.29 is 22.7 Å². The van der Waals surface area contributed by atoms with Gasteiger partial charge in [0.2, 0.25) is 10.0 Å². The van der Waals surface area contributed by atoms with E-state index in [1.54, 1.807) is 0 Å². The van der Waals surface area contributed by atoms with Crippen molar-refractivity contribution in [3.05, 3.63) is 0 Å². The quantitative estimate of drug-likeness (QED) is 0.536. The van der Waals surface area contributed by atoms with Crippen LogP contribution in [0, 0.1) is 0 Å². The zero-order valence-corrected chi connectivity index (χ0v) is 11.3. The Morgan fingerprint density at radius 3 is 2.88 bits per heavy atom. The molecule has 6 nitrogen and oxygen atoms in total. The first-order valence-electron chi connectivity index (χ1n) is 4.72. The number of nitrogens with zero attached hydrogens (tertiary/aromatic N) is 1. The standard InChI is InChI=1S/C8H14BrNO5S/c1-14-8(11)4-7-5-10(2-3-15-7)16(12,13)6-9/h7H,2-6H2,1H3. The monoisotopic (exact) mass is 315 g/mol. The fourth-order valence-corrected chi connectivity index (χ4v) is 3.16. The zero-order valence-electron chi connectivity index (χ0n) is 8.89. The number of ether oxygens (including phenoxy) is 2. The number of carbonyl (C=O) groups excluding carboxylic acids is 1. The number of morpholine rings is 1. The van der Waals surface area contributed by atoms with Crippen LogP contribution in [0.1, 0.15) is 6.42 Å². The summed E-state index contributed by atoms with van der Waals surface area (Å²) in [7, 11) is -1.99. The molecular formula is C8H14BrNO5S. The molecule has 0 aromatic rings. The number of sulfonamides is 1. The summed E-state index contributed by atoms with van der Waals surface area (Å²) in [6.45, 7) is 0.822. The van der Waals surface area contributed by atoms with Gasteiger partial charge in [0.1, 0.15) is 4.66 Å². The van der Waals surface area contributed by atoms with Crippen LogP contribution in [0.3, 0.4) is 0 Å². The second-order valence-electron chi connectivity index (χ2n) is 3.35. The molecule has 0 radical (unpaired) electrons. The fraction of sp³-hybridized carbons (Fsp3) is 0.875. The molecule has 1 aliphatic rings. The lowest BCUT2D eigenvalue weighted by molar-refractivity contribution is -0.145. The third-order valence-corrected chi connectivity index (χ3v) is 5.38. The Labute approximate surface area is 103 Å². The molecule has 1 atom stereocenters. The highest BCUT2D eigenvalue weighted by atomic mass is 79.9. The normalized spacial score (nSPS) is 23.0. The van der Waals surface area contributed by atoms with Crippen LogP contribution in [0.5, 0.6) is 0 Å². The Morgan fingerprint density at radius 2 is 2.31 bits per heavy atom. The Bertz CT molecular complexity index is 344. The van der Waals surface area contributed by atoms with Gasteiger partial charge in [-0.1, -0.05) is 15.9 Å². The molecule has 0 saturated carbocycles. The topological polar surface area (TPSA) is 72.9 Å². The van der Waals surface area contributed by atoms with Crippen LogP contribution in [0.25, 0.3) is 0 Å². The van der Waals surface area contributed by atoms with Gasteiger partial charge in [-0.15, -0.1) is 0 Å². The van der Waals surface area contributed by atoms with Crippen molar-refractivity contribution in [3.63, 3.8) is 0 Å². The van der Waals surface area contributed by atoms with Crippen LogP contribution < -0.4 is 0 Å². The van der Waals surface area contributed by atoms with Gasteiger partial charge in [-0.3, -0.25) is 4.79 Å². The van der Waals surface area contributed by atoms with Gasteiger partial charge in [0, 0.05) is 13.1 Å². The molecule has 0 aromatic carbocycles. The van der Waals surface area contributed by atoms with Gasteiger partial charge in [-0.05, 0) is 0 Å². The second kappa shape index (κ2) is 5.95. The van der Waals surface area contributed by atoms with Crippen LogP contribution in [-0.4, -0.2) is 56.3 Å². The molecule has 8 heteroatoms. The molecule has 1 unspecified atom stereocenters. The second-order valence-corrected chi connectivity index (χ2v) is 6.62. The van der Waals surface area contributed by atoms with Crippen molar-refractivity contribution >= 4 is 31.9 Å². The SMILES string of the molecule is COC(=O)CC1CN(S(=O)(=O)CBr)CCO1. The predicted molar refractivity (Wildman–Crippen MR) is 60.7 cm³/mol. The maximum Gasteiger partial charge on any atom is 0.308 e. The largest absolute Gasteiger partial charge is 0.469 e. The van der Waals surface area contributed by atoms with Crippen molar-refractivity contribution in [3.8, 4) is 0 Å². The molecule has 0 N–H and O–H groups in total. The van der Waals surface area contributed by atoms with Gasteiger partial charge >= 0.3 is 5.97 Å². The summed E-state index contributed by atoms with van der Waals surface area (Å²) < 4.78 is 34.1. The highest BCUT2D eigenvalue weighted by molar-refractivity contribution is 9.10. The number of hydrogen-bond acceptors (Lipinski definition) is 5. The van der Waals surface area contributed by atoms with Crippen LogP contribution in [-0.2, 0) is 24.3 Å². The number of halogens is 1. The average molecular weight is 316 g/mol. The molecule has 1 heterocycles. The number of alkyl halides is 1. The Kier molecular flexibility index (Phi) is 5.16. The molecular weight excluding hydrogens is 302 g/mol. The lowest BCUT2D eigenvalue weighted by Gasteiger charge is -2.31. The summed E-state index contributed by atoms with van der Waals surface area (Å²) in [6, 6.07) is 0. The van der Waals surface area contributed by atoms with Crippen LogP contribution in [0.15, 0.2) is 0 Å². The summed E-state index contributed by atoms with van der Waals surface area (Å²) in [4.78, 5) is 11.0. The number of esters is 1. The highest BCUT2D eigenvalue weighted by Gasteiger charge is 2.29. The van der Waals surface area contributed by atoms with Crippen LogP contribution >= 0.6 is 15.9 Å². The summed E-state index contributed by atoms with van der Waals surface area (Å²) in [5.41, 5.74) is 0. The number of rotatable bonds is 4. The summed E-state index contributed by atoms with van der Waals surface area (Å²) in [6.07, 6.45) is -0.347. The van der Waals surface area contributed by atoms with Crippen LogP contribution in [0.4, 0.5) is 0 Å². The molecule has 0 aromatic heterocycles. The van der Waals surface area contributed by atoms with Crippen molar-refractivity contribution in [2.24, 2.45) is 0 Å². The van der Waals surface area contributed by atoms with Crippen LogP contribution in [0.2, 0.25) is 0 Å². The van der Waals surface area contributed by atoms with E-state index in [9.17, 15) is 13.2 Å². The van der Waals surface area contributed by atoms with E-state index in [1.807, 2.05) is 0 Å². The van der Waals surface area contributed by atoms with Gasteiger partial charge in [-0.25, -0.2) is 8.42 Å². The van der Waals surface area contributed by atoms with E-state index < -0.39 is 22.1 Å². The number of carbonyl (C=O) groups is 1. The van der Waals surface area contributed by atoms with Crippen molar-refractivity contribution in [2.45, 2.75) is 12.5 Å². The average Bonchev–Trinajstić information content (AvgIpc) is 2.29. The molecule has 0 amide bonds. The van der Waals surface area contributed by atoms with Gasteiger partial charge in [0.15, 0.2) is 0 Å². The third kappa shape index (κ3) is 3.69. The van der Waals surface area contributed by atoms with E-state index in [-0.39, 0.29) is 17.6 Å². The van der Waals surface area contributed by atoms with Crippen molar-refractivity contribution in [1.29, 1.82) is 0 Å². The molecule has 1 rings (SSSR count). The van der Waals surface area contributed by atoms with Crippen molar-refractivity contribution in [1.82, 2.24) is 4.31 Å². The number of methoxy groups -OCH3 is 1. The Hall–Kier alpha value is -0.180. The van der Waals surface area contributed by atoms with Gasteiger partial charge < -0.3 is 9.47 Å². The molecule has 94 valence electrons. The maximum atomic E-state index is 11.6. The van der Waals surface area contributed by atoms with Gasteiger partial charge in [-0.2, -0.15) is 4.31 Å². The third-order valence-electron chi connectivity index (χ3n) is 2.25. The van der Waals surface area contributed by atoms with Gasteiger partial charge in [0.05, 0.1) is 26.2 Å². The Morgan fingerprint density at radius 1 is 1.62 bits per heavy atom. The number of hydrogen-bond donors (Lipinski definition) is 0. The molecule has 1 fully saturated rings. The van der Waals surface area contributed by atoms with E-state index in [0.717, 1.165) is 0 Å². The lowest BCUT2D eigenvalue weighted by atomic mass is 10.2. The zero-order chi connectivity index (χ0) is 12.2. The van der Waals surface area contributed by atoms with E-state index in [4.69, 9.17) is 4.74 Å². The maximum absolute atomic E-state index is 11.6. The van der Waals surface area contributed by atoms with E-state index >= 15 is 0 Å². The summed E-state index contributed by atoms with van der Waals surface area (Å²) in [5, 5.41) is 0. The van der Waals surface area contributed by atoms with E-state index in [1.165, 1.54) is 11.4 Å². The van der Waals surface area contributed by atoms with Crippen molar-refractivity contribution in [2.75, 3.05) is 31.5 Å². The molecule has 1 saturated heterocycles. The molecule has 0 spiro atoms. The lowest BCUT2D eigenvalue weighted by Crippen LogP contribution is -2.46. The minimum atomic E-state index is -3.28. The minimum absolute atomic E-state index is 0.0742. The van der Waals surface area contributed by atoms with E-state index in [2.05, 4.69) is 20.7 Å². The molecule has 1 aliphatic heterocycles. The smallest absolute Gasteiger partial charge is 0.308 e. The fourth-order valence-electron chi connectivity index (χ4n) is 1.41. The molecule has 0 aliphatic carbocycles. The molecule has 0 bridgehead atoms.